The molecule has 0 bridgehead atoms. The molecule has 25 heavy (non-hydrogen) atoms. The number of carbonyl (C=O) groups is 1. The maximum atomic E-state index is 11.8. The molecule has 1 amide bonds. The molecule has 2 heterocycles. The first-order valence-corrected chi connectivity index (χ1v) is 8.79. The van der Waals surface area contributed by atoms with E-state index >= 15 is 0 Å². The molecule has 0 aliphatic carbocycles. The summed E-state index contributed by atoms with van der Waals surface area (Å²) in [6.07, 6.45) is 1.56. The lowest BCUT2D eigenvalue weighted by molar-refractivity contribution is -0.118. The zero-order valence-corrected chi connectivity index (χ0v) is 14.6. The number of anilines is 1. The molecule has 0 saturated heterocycles. The molecule has 130 valence electrons. The molecule has 0 atom stereocenters. The van der Waals surface area contributed by atoms with E-state index in [0.29, 0.717) is 35.0 Å². The second kappa shape index (κ2) is 8.59. The molecule has 1 aromatic carbocycles. The van der Waals surface area contributed by atoms with Gasteiger partial charge >= 0.3 is 0 Å². The average molecular weight is 379 g/mol. The van der Waals surface area contributed by atoms with Crippen molar-refractivity contribution >= 4 is 35.0 Å². The van der Waals surface area contributed by atoms with Crippen LogP contribution in [0, 0.1) is 0 Å². The minimum atomic E-state index is -0.138. The molecule has 3 aromatic rings. The summed E-state index contributed by atoms with van der Waals surface area (Å²) in [6, 6.07) is 10.9. The first-order valence-electron chi connectivity index (χ1n) is 7.43. The molecule has 0 radical (unpaired) electrons. The molecule has 0 aliphatic heterocycles. The fourth-order valence-corrected chi connectivity index (χ4v) is 2.63. The summed E-state index contributed by atoms with van der Waals surface area (Å²) in [4.78, 5) is 11.8. The number of halogens is 1. The minimum Gasteiger partial charge on any atom is -0.467 e. The van der Waals surface area contributed by atoms with Gasteiger partial charge in [-0.15, -0.1) is 10.2 Å². The van der Waals surface area contributed by atoms with E-state index < -0.39 is 0 Å². The first-order chi connectivity index (χ1) is 12.2. The van der Waals surface area contributed by atoms with Crippen molar-refractivity contribution in [1.29, 1.82) is 0 Å². The van der Waals surface area contributed by atoms with Crippen LogP contribution in [-0.2, 0) is 17.9 Å². The zero-order chi connectivity index (χ0) is 17.5. The van der Waals surface area contributed by atoms with Crippen molar-refractivity contribution in [3.8, 4) is 0 Å². The Kier molecular flexibility index (Phi) is 5.97. The normalized spacial score (nSPS) is 10.6. The maximum absolute atomic E-state index is 11.8. The van der Waals surface area contributed by atoms with Gasteiger partial charge in [0.2, 0.25) is 11.8 Å². The molecule has 2 aromatic heterocycles. The molecule has 0 fully saturated rings. The van der Waals surface area contributed by atoms with Crippen LogP contribution in [0.3, 0.4) is 0 Å². The Morgan fingerprint density at radius 1 is 1.16 bits per heavy atom. The Bertz CT molecular complexity index is 805. The van der Waals surface area contributed by atoms with E-state index in [1.807, 2.05) is 12.1 Å². The van der Waals surface area contributed by atoms with E-state index in [0.717, 1.165) is 5.69 Å². The number of benzene rings is 1. The van der Waals surface area contributed by atoms with Crippen molar-refractivity contribution in [2.24, 2.45) is 0 Å². The Labute approximate surface area is 153 Å². The number of hydrogen-bond acceptors (Lipinski definition) is 7. The lowest BCUT2D eigenvalue weighted by atomic mass is 10.3. The Morgan fingerprint density at radius 3 is 2.76 bits per heavy atom. The molecular formula is C16H15ClN4O3S. The second-order valence-corrected chi connectivity index (χ2v) is 6.33. The summed E-state index contributed by atoms with van der Waals surface area (Å²) in [5.41, 5.74) is 0.897. The standard InChI is InChI=1S/C16H15ClN4O3S/c17-11-3-5-12(6-4-11)18-9-15-20-21-16(24-15)25-10-14(22)19-8-13-2-1-7-23-13/h1-7,18H,8-10H2,(H,19,22). The number of nitrogens with one attached hydrogen (secondary N) is 2. The second-order valence-electron chi connectivity index (χ2n) is 4.97. The molecule has 7 nitrogen and oxygen atoms in total. The SMILES string of the molecule is O=C(CSc1nnc(CNc2ccc(Cl)cc2)o1)NCc1ccco1. The van der Waals surface area contributed by atoms with Gasteiger partial charge in [0.25, 0.3) is 5.22 Å². The van der Waals surface area contributed by atoms with Crippen molar-refractivity contribution in [2.75, 3.05) is 11.1 Å². The summed E-state index contributed by atoms with van der Waals surface area (Å²) in [5.74, 6) is 1.19. The minimum absolute atomic E-state index is 0.138. The largest absolute Gasteiger partial charge is 0.467 e. The number of thioether (sulfide) groups is 1. The summed E-state index contributed by atoms with van der Waals surface area (Å²) in [6.45, 7) is 0.742. The van der Waals surface area contributed by atoms with Gasteiger partial charge in [0.1, 0.15) is 5.76 Å². The molecule has 3 rings (SSSR count). The predicted molar refractivity (Wildman–Crippen MR) is 94.4 cm³/mol. The van der Waals surface area contributed by atoms with Crippen LogP contribution < -0.4 is 10.6 Å². The quantitative estimate of drug-likeness (QED) is 0.580. The van der Waals surface area contributed by atoms with E-state index in [4.69, 9.17) is 20.4 Å². The van der Waals surface area contributed by atoms with E-state index in [2.05, 4.69) is 20.8 Å². The third-order valence-electron chi connectivity index (χ3n) is 3.10. The van der Waals surface area contributed by atoms with E-state index in [-0.39, 0.29) is 11.7 Å². The van der Waals surface area contributed by atoms with Crippen molar-refractivity contribution in [3.63, 3.8) is 0 Å². The molecule has 0 unspecified atom stereocenters. The fraction of sp³-hybridized carbons (Fsp3) is 0.188. The summed E-state index contributed by atoms with van der Waals surface area (Å²) < 4.78 is 10.6. The number of aromatic nitrogens is 2. The monoisotopic (exact) mass is 378 g/mol. The van der Waals surface area contributed by atoms with Crippen molar-refractivity contribution in [2.45, 2.75) is 18.3 Å². The summed E-state index contributed by atoms with van der Waals surface area (Å²) in [7, 11) is 0. The number of carbonyl (C=O) groups excluding carboxylic acids is 1. The predicted octanol–water partition coefficient (Wildman–Crippen LogP) is 3.34. The Morgan fingerprint density at radius 2 is 2.00 bits per heavy atom. The van der Waals surface area contributed by atoms with Gasteiger partial charge in [0, 0.05) is 10.7 Å². The van der Waals surface area contributed by atoms with Crippen LogP contribution in [0.25, 0.3) is 0 Å². The number of rotatable bonds is 8. The molecule has 0 aliphatic rings. The van der Waals surface area contributed by atoms with Gasteiger partial charge in [-0.25, -0.2) is 0 Å². The molecule has 2 N–H and O–H groups in total. The average Bonchev–Trinajstić information content (AvgIpc) is 3.29. The van der Waals surface area contributed by atoms with Gasteiger partial charge in [-0.1, -0.05) is 23.4 Å². The number of nitrogens with zero attached hydrogens (tertiary/aromatic N) is 2. The maximum Gasteiger partial charge on any atom is 0.277 e. The van der Waals surface area contributed by atoms with E-state index in [1.54, 1.807) is 30.5 Å². The third kappa shape index (κ3) is 5.54. The Balaban J connectivity index is 1.40. The van der Waals surface area contributed by atoms with Gasteiger partial charge in [0.15, 0.2) is 0 Å². The van der Waals surface area contributed by atoms with Gasteiger partial charge in [0.05, 0.1) is 25.1 Å². The topological polar surface area (TPSA) is 93.2 Å². The smallest absolute Gasteiger partial charge is 0.277 e. The van der Waals surface area contributed by atoms with Crippen LogP contribution in [0.5, 0.6) is 0 Å². The molecular weight excluding hydrogens is 364 g/mol. The van der Waals surface area contributed by atoms with Gasteiger partial charge in [-0.05, 0) is 36.4 Å². The number of furan rings is 1. The van der Waals surface area contributed by atoms with Gasteiger partial charge < -0.3 is 19.5 Å². The highest BCUT2D eigenvalue weighted by Gasteiger charge is 2.10. The molecule has 9 heteroatoms. The van der Waals surface area contributed by atoms with Crippen LogP contribution in [0.4, 0.5) is 5.69 Å². The van der Waals surface area contributed by atoms with Crippen LogP contribution in [-0.4, -0.2) is 21.9 Å². The zero-order valence-electron chi connectivity index (χ0n) is 13.1. The summed E-state index contributed by atoms with van der Waals surface area (Å²) in [5, 5.41) is 14.8. The molecule has 0 saturated carbocycles. The summed E-state index contributed by atoms with van der Waals surface area (Å²) >= 11 is 7.02. The first kappa shape index (κ1) is 17.4. The third-order valence-corrected chi connectivity index (χ3v) is 4.17. The fourth-order valence-electron chi connectivity index (χ4n) is 1.89. The lowest BCUT2D eigenvalue weighted by Gasteiger charge is -2.02. The highest BCUT2D eigenvalue weighted by molar-refractivity contribution is 7.99. The van der Waals surface area contributed by atoms with Crippen molar-refractivity contribution < 1.29 is 13.6 Å². The van der Waals surface area contributed by atoms with Gasteiger partial charge in [-0.2, -0.15) is 0 Å². The lowest BCUT2D eigenvalue weighted by Crippen LogP contribution is -2.24. The Hall–Kier alpha value is -2.45. The molecule has 0 spiro atoms. The van der Waals surface area contributed by atoms with Crippen LogP contribution >= 0.6 is 23.4 Å². The van der Waals surface area contributed by atoms with Crippen molar-refractivity contribution in [3.05, 3.63) is 59.3 Å². The van der Waals surface area contributed by atoms with E-state index in [9.17, 15) is 4.79 Å². The number of hydrogen-bond donors (Lipinski definition) is 2. The highest BCUT2D eigenvalue weighted by atomic mass is 35.5. The van der Waals surface area contributed by atoms with Gasteiger partial charge in [-0.3, -0.25) is 4.79 Å². The highest BCUT2D eigenvalue weighted by Crippen LogP contribution is 2.17. The van der Waals surface area contributed by atoms with E-state index in [1.165, 1.54) is 11.8 Å². The van der Waals surface area contributed by atoms with Crippen LogP contribution in [0.1, 0.15) is 11.7 Å². The van der Waals surface area contributed by atoms with Crippen LogP contribution in [0.15, 0.2) is 56.7 Å². The van der Waals surface area contributed by atoms with Crippen LogP contribution in [0.2, 0.25) is 5.02 Å². The number of amides is 1. The van der Waals surface area contributed by atoms with Crippen molar-refractivity contribution in [1.82, 2.24) is 15.5 Å².